The van der Waals surface area contributed by atoms with Gasteiger partial charge in [-0.3, -0.25) is 0 Å². The Bertz CT molecular complexity index is 671. The predicted molar refractivity (Wildman–Crippen MR) is 116 cm³/mol. The molecule has 1 aromatic carbocycles. The van der Waals surface area contributed by atoms with Gasteiger partial charge >= 0.3 is 5.97 Å². The van der Waals surface area contributed by atoms with Crippen molar-refractivity contribution in [2.45, 2.75) is 66.6 Å². The molecule has 0 aromatic heterocycles. The molecule has 0 bridgehead atoms. The van der Waals surface area contributed by atoms with E-state index in [4.69, 9.17) is 23.7 Å². The molecular formula is C24H36O6. The Hall–Kier alpha value is -1.91. The van der Waals surface area contributed by atoms with Crippen LogP contribution in [0.25, 0.3) is 0 Å². The van der Waals surface area contributed by atoms with Gasteiger partial charge in [0.1, 0.15) is 0 Å². The summed E-state index contributed by atoms with van der Waals surface area (Å²) >= 11 is 0. The fourth-order valence-electron chi connectivity index (χ4n) is 2.65. The molecule has 0 fully saturated rings. The summed E-state index contributed by atoms with van der Waals surface area (Å²) < 4.78 is 29.0. The normalized spacial score (nSPS) is 12.9. The molecule has 168 valence electrons. The summed E-state index contributed by atoms with van der Waals surface area (Å²) in [7, 11) is 0. The van der Waals surface area contributed by atoms with Crippen LogP contribution in [0.4, 0.5) is 0 Å². The van der Waals surface area contributed by atoms with Crippen molar-refractivity contribution in [2.75, 3.05) is 26.4 Å². The Morgan fingerprint density at radius 3 is 1.87 bits per heavy atom. The van der Waals surface area contributed by atoms with Crippen LogP contribution in [-0.2, 0) is 23.7 Å². The molecule has 0 radical (unpaired) electrons. The predicted octanol–water partition coefficient (Wildman–Crippen LogP) is 4.43. The molecule has 0 heterocycles. The fraction of sp³-hybridized carbons (Fsp3) is 0.625. The highest BCUT2D eigenvalue weighted by atomic mass is 16.8. The van der Waals surface area contributed by atoms with Crippen LogP contribution < -0.4 is 0 Å². The minimum absolute atomic E-state index is 0.343. The zero-order chi connectivity index (χ0) is 22.6. The highest BCUT2D eigenvalue weighted by molar-refractivity contribution is 5.89. The van der Waals surface area contributed by atoms with Gasteiger partial charge in [-0.05, 0) is 45.7 Å². The van der Waals surface area contributed by atoms with Gasteiger partial charge in [0.25, 0.3) is 5.79 Å². The van der Waals surface area contributed by atoms with Gasteiger partial charge in [0.2, 0.25) is 6.29 Å². The minimum atomic E-state index is -1.43. The smallest absolute Gasteiger partial charge is 0.339 e. The molecule has 0 aliphatic heterocycles. The van der Waals surface area contributed by atoms with Gasteiger partial charge < -0.3 is 23.7 Å². The highest BCUT2D eigenvalue weighted by Gasteiger charge is 2.42. The van der Waals surface area contributed by atoms with Crippen molar-refractivity contribution >= 4 is 5.97 Å². The van der Waals surface area contributed by atoms with E-state index in [1.54, 1.807) is 24.3 Å². The summed E-state index contributed by atoms with van der Waals surface area (Å²) in [4.78, 5) is 12.6. The van der Waals surface area contributed by atoms with Crippen LogP contribution in [0.5, 0.6) is 0 Å². The third kappa shape index (κ3) is 7.73. The van der Waals surface area contributed by atoms with Crippen molar-refractivity contribution in [3.63, 3.8) is 0 Å². The Labute approximate surface area is 181 Å². The lowest BCUT2D eigenvalue weighted by atomic mass is 9.89. The summed E-state index contributed by atoms with van der Waals surface area (Å²) in [6.07, 6.45) is -1.54. The number of carbonyl (C=O) groups excluding carboxylic acids is 1. The molecule has 0 spiro atoms. The Morgan fingerprint density at radius 1 is 0.900 bits per heavy atom. The monoisotopic (exact) mass is 420 g/mol. The zero-order valence-corrected chi connectivity index (χ0v) is 19.3. The van der Waals surface area contributed by atoms with Crippen molar-refractivity contribution in [2.24, 2.45) is 5.41 Å². The number of carbonyl (C=O) groups is 1. The van der Waals surface area contributed by atoms with Gasteiger partial charge in [0.15, 0.2) is 6.10 Å². The molecule has 1 rings (SSSR count). The third-order valence-electron chi connectivity index (χ3n) is 4.06. The molecule has 6 heteroatoms. The van der Waals surface area contributed by atoms with Crippen molar-refractivity contribution in [3.8, 4) is 11.8 Å². The van der Waals surface area contributed by atoms with Gasteiger partial charge in [-0.2, -0.15) is 0 Å². The van der Waals surface area contributed by atoms with Gasteiger partial charge in [-0.25, -0.2) is 4.79 Å². The van der Waals surface area contributed by atoms with E-state index in [1.807, 2.05) is 54.5 Å². The average Bonchev–Trinajstić information content (AvgIpc) is 2.70. The van der Waals surface area contributed by atoms with E-state index in [-0.39, 0.29) is 0 Å². The zero-order valence-electron chi connectivity index (χ0n) is 19.3. The largest absolute Gasteiger partial charge is 0.445 e. The summed E-state index contributed by atoms with van der Waals surface area (Å²) in [6.45, 7) is 14.8. The maximum atomic E-state index is 12.6. The Balaban J connectivity index is 3.30. The van der Waals surface area contributed by atoms with Gasteiger partial charge in [0.05, 0.1) is 5.56 Å². The van der Waals surface area contributed by atoms with Crippen LogP contribution in [0, 0.1) is 17.3 Å². The van der Waals surface area contributed by atoms with E-state index in [0.29, 0.717) is 32.0 Å². The molecule has 0 amide bonds. The van der Waals surface area contributed by atoms with Crippen molar-refractivity contribution in [3.05, 3.63) is 35.9 Å². The van der Waals surface area contributed by atoms with Gasteiger partial charge in [-0.15, -0.1) is 0 Å². The molecular weight excluding hydrogens is 384 g/mol. The maximum Gasteiger partial charge on any atom is 0.339 e. The molecule has 30 heavy (non-hydrogen) atoms. The van der Waals surface area contributed by atoms with Crippen LogP contribution in [0.2, 0.25) is 0 Å². The number of benzene rings is 1. The molecule has 0 aliphatic carbocycles. The molecule has 1 atom stereocenters. The van der Waals surface area contributed by atoms with E-state index in [2.05, 4.69) is 11.8 Å². The topological polar surface area (TPSA) is 63.2 Å². The molecule has 6 nitrogen and oxygen atoms in total. The van der Waals surface area contributed by atoms with Gasteiger partial charge in [-0.1, -0.05) is 44.9 Å². The summed E-state index contributed by atoms with van der Waals surface area (Å²) in [5.41, 5.74) is 0.0323. The van der Waals surface area contributed by atoms with Crippen molar-refractivity contribution in [1.82, 2.24) is 0 Å². The summed E-state index contributed by atoms with van der Waals surface area (Å²) in [5, 5.41) is 0. The number of hydrogen-bond acceptors (Lipinski definition) is 6. The number of ether oxygens (including phenoxy) is 5. The van der Waals surface area contributed by atoms with E-state index in [9.17, 15) is 4.79 Å². The van der Waals surface area contributed by atoms with Crippen molar-refractivity contribution < 1.29 is 28.5 Å². The molecule has 1 aromatic rings. The molecule has 0 saturated carbocycles. The number of hydrogen-bond donors (Lipinski definition) is 0. The lowest BCUT2D eigenvalue weighted by Gasteiger charge is -2.35. The van der Waals surface area contributed by atoms with Gasteiger partial charge in [0, 0.05) is 31.8 Å². The Kier molecular flexibility index (Phi) is 11.1. The highest BCUT2D eigenvalue weighted by Crippen LogP contribution is 2.26. The summed E-state index contributed by atoms with van der Waals surface area (Å²) in [6, 6.07) is 8.84. The second-order valence-corrected chi connectivity index (χ2v) is 7.56. The number of rotatable bonds is 11. The lowest BCUT2D eigenvalue weighted by Crippen LogP contribution is -2.50. The van der Waals surface area contributed by atoms with E-state index >= 15 is 0 Å². The standard InChI is InChI=1S/C24H36O6/c1-8-26-22(27-9-2)24(28-10-3,29-11-4)18-17-20(23(5,6)7)30-21(25)19-15-13-12-14-16-19/h12-16,20,22H,8-11H2,1-7H3. The first-order valence-electron chi connectivity index (χ1n) is 10.5. The van der Waals surface area contributed by atoms with Crippen molar-refractivity contribution in [1.29, 1.82) is 0 Å². The maximum absolute atomic E-state index is 12.6. The van der Waals surface area contributed by atoms with Crippen LogP contribution in [0.15, 0.2) is 30.3 Å². The second kappa shape index (κ2) is 12.7. The van der Waals surface area contributed by atoms with Crippen LogP contribution in [0.1, 0.15) is 58.8 Å². The SMILES string of the molecule is CCOC(OCC)C(C#CC(OC(=O)c1ccccc1)C(C)(C)C)(OCC)OCC. The van der Waals surface area contributed by atoms with Crippen LogP contribution >= 0.6 is 0 Å². The van der Waals surface area contributed by atoms with Crippen LogP contribution in [-0.4, -0.2) is 50.6 Å². The molecule has 0 aliphatic rings. The molecule has 0 saturated heterocycles. The lowest BCUT2D eigenvalue weighted by molar-refractivity contribution is -0.321. The second-order valence-electron chi connectivity index (χ2n) is 7.56. The minimum Gasteiger partial charge on any atom is -0.445 e. The first kappa shape index (κ1) is 26.1. The molecule has 1 unspecified atom stereocenters. The quantitative estimate of drug-likeness (QED) is 0.300. The van der Waals surface area contributed by atoms with E-state index < -0.39 is 29.6 Å². The van der Waals surface area contributed by atoms with Crippen LogP contribution in [0.3, 0.4) is 0 Å². The summed E-state index contributed by atoms with van der Waals surface area (Å²) in [5.74, 6) is 4.24. The first-order chi connectivity index (χ1) is 14.2. The third-order valence-corrected chi connectivity index (χ3v) is 4.06. The van der Waals surface area contributed by atoms with E-state index in [0.717, 1.165) is 0 Å². The average molecular weight is 421 g/mol. The first-order valence-corrected chi connectivity index (χ1v) is 10.5. The molecule has 0 N–H and O–H groups in total. The van der Waals surface area contributed by atoms with E-state index in [1.165, 1.54) is 0 Å². The Morgan fingerprint density at radius 2 is 1.43 bits per heavy atom. The fourth-order valence-corrected chi connectivity index (χ4v) is 2.65. The number of esters is 1.